The Bertz CT molecular complexity index is 859. The van der Waals surface area contributed by atoms with E-state index in [9.17, 15) is 9.59 Å². The van der Waals surface area contributed by atoms with Gasteiger partial charge in [-0.05, 0) is 55.2 Å². The molecule has 1 aromatic heterocycles. The maximum atomic E-state index is 12.8. The zero-order valence-corrected chi connectivity index (χ0v) is 15.6. The summed E-state index contributed by atoms with van der Waals surface area (Å²) in [5.41, 5.74) is 2.97. The molecule has 142 valence electrons. The number of benzene rings is 1. The van der Waals surface area contributed by atoms with Crippen molar-refractivity contribution in [2.24, 2.45) is 0 Å². The van der Waals surface area contributed by atoms with Crippen molar-refractivity contribution in [3.05, 3.63) is 52.3 Å². The van der Waals surface area contributed by atoms with Gasteiger partial charge < -0.3 is 19.5 Å². The number of aryl methyl sites for hydroxylation is 1. The van der Waals surface area contributed by atoms with Gasteiger partial charge in [0.2, 0.25) is 0 Å². The van der Waals surface area contributed by atoms with Crippen LogP contribution in [0.1, 0.15) is 37.7 Å². The van der Waals surface area contributed by atoms with Crippen molar-refractivity contribution < 1.29 is 24.2 Å². The molecule has 0 aliphatic carbocycles. The molecular formula is C20H22N2O5. The summed E-state index contributed by atoms with van der Waals surface area (Å²) < 4.78 is 10.7. The number of aromatic carboxylic acids is 1. The topological polar surface area (TPSA) is 89.0 Å². The number of carbonyl (C=O) groups excluding carboxylic acids is 1. The van der Waals surface area contributed by atoms with Crippen LogP contribution in [0.25, 0.3) is 0 Å². The second-order valence-corrected chi connectivity index (χ2v) is 6.40. The molecule has 0 radical (unpaired) electrons. The lowest BCUT2D eigenvalue weighted by Gasteiger charge is -2.20. The van der Waals surface area contributed by atoms with Crippen LogP contribution in [0.2, 0.25) is 0 Å². The molecule has 27 heavy (non-hydrogen) atoms. The summed E-state index contributed by atoms with van der Waals surface area (Å²) in [5, 5.41) is 9.11. The van der Waals surface area contributed by atoms with Crippen molar-refractivity contribution in [2.45, 2.75) is 19.8 Å². The van der Waals surface area contributed by atoms with Gasteiger partial charge in [0, 0.05) is 13.1 Å². The summed E-state index contributed by atoms with van der Waals surface area (Å²) in [6.07, 6.45) is 1.40. The van der Waals surface area contributed by atoms with Crippen LogP contribution in [0.5, 0.6) is 11.5 Å². The van der Waals surface area contributed by atoms with Gasteiger partial charge >= 0.3 is 5.97 Å². The number of aromatic nitrogens is 1. The first-order chi connectivity index (χ1) is 12.9. The van der Waals surface area contributed by atoms with Gasteiger partial charge in [0.15, 0.2) is 11.5 Å². The van der Waals surface area contributed by atoms with Crippen molar-refractivity contribution >= 4 is 11.9 Å². The highest BCUT2D eigenvalue weighted by Crippen LogP contribution is 2.32. The third kappa shape index (κ3) is 3.72. The van der Waals surface area contributed by atoms with Crippen molar-refractivity contribution in [2.75, 3.05) is 27.3 Å². The number of rotatable bonds is 4. The summed E-state index contributed by atoms with van der Waals surface area (Å²) in [5.74, 6) is 0.115. The molecule has 1 amide bonds. The number of ether oxygens (including phenoxy) is 2. The average molecular weight is 370 g/mol. The summed E-state index contributed by atoms with van der Waals surface area (Å²) >= 11 is 0. The maximum absolute atomic E-state index is 12.8. The molecule has 7 nitrogen and oxygen atoms in total. The molecule has 1 aromatic carbocycles. The van der Waals surface area contributed by atoms with Crippen molar-refractivity contribution in [3.8, 4) is 11.5 Å². The van der Waals surface area contributed by atoms with E-state index in [1.54, 1.807) is 26.0 Å². The summed E-state index contributed by atoms with van der Waals surface area (Å²) in [6.45, 7) is 2.71. The monoisotopic (exact) mass is 370 g/mol. The molecule has 1 aliphatic rings. The first-order valence-electron chi connectivity index (χ1n) is 8.68. The van der Waals surface area contributed by atoms with E-state index in [0.717, 1.165) is 11.1 Å². The highest BCUT2D eigenvalue weighted by atomic mass is 16.5. The number of carboxylic acids is 1. The van der Waals surface area contributed by atoms with E-state index in [1.807, 2.05) is 12.1 Å². The minimum absolute atomic E-state index is 0.106. The normalized spacial score (nSPS) is 13.5. The average Bonchev–Trinajstić information content (AvgIpc) is 2.87. The zero-order valence-electron chi connectivity index (χ0n) is 15.6. The van der Waals surface area contributed by atoms with Crippen LogP contribution in [-0.4, -0.2) is 54.2 Å². The first-order valence-corrected chi connectivity index (χ1v) is 8.68. The quantitative estimate of drug-likeness (QED) is 0.889. The van der Waals surface area contributed by atoms with Crippen molar-refractivity contribution in [1.29, 1.82) is 0 Å². The zero-order chi connectivity index (χ0) is 19.6. The molecule has 0 bridgehead atoms. The lowest BCUT2D eigenvalue weighted by molar-refractivity contribution is 0.0691. The van der Waals surface area contributed by atoms with E-state index in [4.69, 9.17) is 14.6 Å². The Morgan fingerprint density at radius 1 is 1.04 bits per heavy atom. The van der Waals surface area contributed by atoms with Crippen molar-refractivity contribution in [3.63, 3.8) is 0 Å². The van der Waals surface area contributed by atoms with Gasteiger partial charge in [-0.2, -0.15) is 0 Å². The fourth-order valence-corrected chi connectivity index (χ4v) is 3.32. The summed E-state index contributed by atoms with van der Waals surface area (Å²) in [4.78, 5) is 29.9. The number of methoxy groups -OCH3 is 2. The summed E-state index contributed by atoms with van der Waals surface area (Å²) in [6, 6.07) is 6.83. The maximum Gasteiger partial charge on any atom is 0.337 e. The van der Waals surface area contributed by atoms with Crippen molar-refractivity contribution in [1.82, 2.24) is 9.88 Å². The molecule has 0 saturated heterocycles. The predicted molar refractivity (Wildman–Crippen MR) is 98.8 cm³/mol. The van der Waals surface area contributed by atoms with Gasteiger partial charge in [0.05, 0.1) is 25.5 Å². The van der Waals surface area contributed by atoms with E-state index in [-0.39, 0.29) is 17.2 Å². The Hall–Kier alpha value is -3.09. The lowest BCUT2D eigenvalue weighted by Crippen LogP contribution is -2.34. The molecular weight excluding hydrogens is 348 g/mol. The second kappa shape index (κ2) is 7.65. The highest BCUT2D eigenvalue weighted by molar-refractivity contribution is 5.94. The van der Waals surface area contributed by atoms with Crippen LogP contribution in [0.15, 0.2) is 24.3 Å². The number of hydrogen-bond acceptors (Lipinski definition) is 5. The third-order valence-corrected chi connectivity index (χ3v) is 4.83. The molecule has 1 aliphatic heterocycles. The SMILES string of the molecule is COc1cc2c(cc1OC)CCN(C(=O)c1ccc(C(=O)O)c(C)n1)CC2. The number of amides is 1. The van der Waals surface area contributed by atoms with E-state index in [1.165, 1.54) is 12.1 Å². The number of pyridine rings is 1. The van der Waals surface area contributed by atoms with Crippen LogP contribution in [0.4, 0.5) is 0 Å². The van der Waals surface area contributed by atoms with E-state index < -0.39 is 5.97 Å². The number of fused-ring (bicyclic) bond motifs is 1. The van der Waals surface area contributed by atoms with Crippen LogP contribution in [0.3, 0.4) is 0 Å². The van der Waals surface area contributed by atoms with Crippen LogP contribution >= 0.6 is 0 Å². The Morgan fingerprint density at radius 2 is 1.59 bits per heavy atom. The lowest BCUT2D eigenvalue weighted by atomic mass is 10.0. The van der Waals surface area contributed by atoms with E-state index >= 15 is 0 Å². The molecule has 0 fully saturated rings. The molecule has 1 N–H and O–H groups in total. The second-order valence-electron chi connectivity index (χ2n) is 6.40. The fourth-order valence-electron chi connectivity index (χ4n) is 3.32. The Labute approximate surface area is 157 Å². The number of hydrogen-bond donors (Lipinski definition) is 1. The van der Waals surface area contributed by atoms with Crippen LogP contribution in [0, 0.1) is 6.92 Å². The molecule has 3 rings (SSSR count). The fraction of sp³-hybridized carbons (Fsp3) is 0.350. The number of carboxylic acid groups (broad SMARTS) is 1. The van der Waals surface area contributed by atoms with Gasteiger partial charge in [0.25, 0.3) is 5.91 Å². The molecule has 2 heterocycles. The van der Waals surface area contributed by atoms with Gasteiger partial charge in [-0.1, -0.05) is 0 Å². The third-order valence-electron chi connectivity index (χ3n) is 4.83. The molecule has 7 heteroatoms. The van der Waals surface area contributed by atoms with Gasteiger partial charge in [-0.25, -0.2) is 9.78 Å². The highest BCUT2D eigenvalue weighted by Gasteiger charge is 2.23. The van der Waals surface area contributed by atoms with Crippen LogP contribution < -0.4 is 9.47 Å². The van der Waals surface area contributed by atoms with E-state index in [0.29, 0.717) is 43.1 Å². The Morgan fingerprint density at radius 3 is 2.04 bits per heavy atom. The van der Waals surface area contributed by atoms with Gasteiger partial charge in [-0.15, -0.1) is 0 Å². The Balaban J connectivity index is 1.81. The molecule has 0 saturated carbocycles. The standard InChI is InChI=1S/C20H22N2O5/c1-12-15(20(24)25)4-5-16(21-12)19(23)22-8-6-13-10-17(26-2)18(27-3)11-14(13)7-9-22/h4-5,10-11H,6-9H2,1-3H3,(H,24,25). The molecule has 2 aromatic rings. The smallest absolute Gasteiger partial charge is 0.337 e. The number of nitrogens with zero attached hydrogens (tertiary/aromatic N) is 2. The van der Waals surface area contributed by atoms with Gasteiger partial charge in [0.1, 0.15) is 5.69 Å². The van der Waals surface area contributed by atoms with Crippen LogP contribution in [-0.2, 0) is 12.8 Å². The first kappa shape index (κ1) is 18.7. The molecule has 0 atom stereocenters. The molecule has 0 unspecified atom stereocenters. The minimum Gasteiger partial charge on any atom is -0.493 e. The number of carbonyl (C=O) groups is 2. The Kier molecular flexibility index (Phi) is 5.30. The molecule has 0 spiro atoms. The van der Waals surface area contributed by atoms with E-state index in [2.05, 4.69) is 4.98 Å². The predicted octanol–water partition coefficient (Wildman–Crippen LogP) is 2.35. The van der Waals surface area contributed by atoms with Gasteiger partial charge in [-0.3, -0.25) is 4.79 Å². The minimum atomic E-state index is -1.05. The largest absolute Gasteiger partial charge is 0.493 e. The summed E-state index contributed by atoms with van der Waals surface area (Å²) in [7, 11) is 3.21.